The van der Waals surface area contributed by atoms with Crippen molar-refractivity contribution in [3.8, 4) is 5.75 Å². The van der Waals surface area contributed by atoms with Gasteiger partial charge >= 0.3 is 0 Å². The molecular weight excluding hydrogens is 286 g/mol. The number of rotatable bonds is 4. The summed E-state index contributed by atoms with van der Waals surface area (Å²) in [6.07, 6.45) is 4.29. The maximum absolute atomic E-state index is 12.7. The summed E-state index contributed by atoms with van der Waals surface area (Å²) in [7, 11) is -1.94. The van der Waals surface area contributed by atoms with Gasteiger partial charge < -0.3 is 4.74 Å². The molecule has 1 N–H and O–H groups in total. The molecule has 0 aromatic heterocycles. The fourth-order valence-corrected chi connectivity index (χ4v) is 4.70. The van der Waals surface area contributed by atoms with Crippen LogP contribution in [0, 0.1) is 19.8 Å². The van der Waals surface area contributed by atoms with Gasteiger partial charge in [-0.15, -0.1) is 0 Å². The van der Waals surface area contributed by atoms with Crippen LogP contribution in [0.15, 0.2) is 17.0 Å². The van der Waals surface area contributed by atoms with Crippen molar-refractivity contribution in [2.45, 2.75) is 57.4 Å². The van der Waals surface area contributed by atoms with Crippen LogP contribution in [0.1, 0.15) is 43.7 Å². The van der Waals surface area contributed by atoms with Crippen LogP contribution in [0.2, 0.25) is 0 Å². The quantitative estimate of drug-likeness (QED) is 0.929. The maximum atomic E-state index is 12.7. The van der Waals surface area contributed by atoms with Gasteiger partial charge in [0.2, 0.25) is 10.0 Å². The van der Waals surface area contributed by atoms with E-state index in [1.165, 1.54) is 6.42 Å². The van der Waals surface area contributed by atoms with E-state index in [1.54, 1.807) is 13.2 Å². The summed E-state index contributed by atoms with van der Waals surface area (Å²) in [5.41, 5.74) is 1.70. The monoisotopic (exact) mass is 311 g/mol. The van der Waals surface area contributed by atoms with Crippen LogP contribution in [-0.2, 0) is 10.0 Å². The molecule has 0 aliphatic heterocycles. The molecule has 0 heterocycles. The molecule has 2 rings (SSSR count). The van der Waals surface area contributed by atoms with Crippen molar-refractivity contribution in [1.29, 1.82) is 0 Å². The minimum Gasteiger partial charge on any atom is -0.496 e. The molecule has 0 radical (unpaired) electrons. The summed E-state index contributed by atoms with van der Waals surface area (Å²) < 4.78 is 33.5. The van der Waals surface area contributed by atoms with E-state index in [4.69, 9.17) is 4.74 Å². The summed E-state index contributed by atoms with van der Waals surface area (Å²) in [5.74, 6) is 0.999. The summed E-state index contributed by atoms with van der Waals surface area (Å²) in [6.45, 7) is 5.86. The fourth-order valence-electron chi connectivity index (χ4n) is 3.08. The lowest BCUT2D eigenvalue weighted by Crippen LogP contribution is -2.41. The van der Waals surface area contributed by atoms with E-state index in [2.05, 4.69) is 11.6 Å². The minimum atomic E-state index is -3.50. The highest BCUT2D eigenvalue weighted by Gasteiger charge is 2.28. The zero-order valence-corrected chi connectivity index (χ0v) is 14.1. The number of hydrogen-bond acceptors (Lipinski definition) is 3. The van der Waals surface area contributed by atoms with Crippen LogP contribution in [0.25, 0.3) is 0 Å². The average molecular weight is 311 g/mol. The van der Waals surface area contributed by atoms with E-state index in [1.807, 2.05) is 19.9 Å². The summed E-state index contributed by atoms with van der Waals surface area (Å²) in [5, 5.41) is 0. The summed E-state index contributed by atoms with van der Waals surface area (Å²) in [6, 6.07) is 3.52. The minimum absolute atomic E-state index is 0.0375. The second-order valence-corrected chi connectivity index (χ2v) is 7.76. The number of benzene rings is 1. The molecule has 0 unspecified atom stereocenters. The average Bonchev–Trinajstić information content (AvgIpc) is 2.41. The van der Waals surface area contributed by atoms with Crippen molar-refractivity contribution in [2.24, 2.45) is 5.92 Å². The van der Waals surface area contributed by atoms with Gasteiger partial charge in [-0.1, -0.05) is 25.8 Å². The topological polar surface area (TPSA) is 55.4 Å². The molecule has 0 spiro atoms. The van der Waals surface area contributed by atoms with E-state index < -0.39 is 10.0 Å². The second-order valence-electron chi connectivity index (χ2n) is 6.08. The van der Waals surface area contributed by atoms with E-state index >= 15 is 0 Å². The molecule has 4 nitrogen and oxygen atoms in total. The number of methoxy groups -OCH3 is 1. The predicted molar refractivity (Wildman–Crippen MR) is 84.2 cm³/mol. The predicted octanol–water partition coefficient (Wildman–Crippen LogP) is 3.17. The fraction of sp³-hybridized carbons (Fsp3) is 0.625. The molecule has 1 saturated carbocycles. The molecule has 21 heavy (non-hydrogen) atoms. The number of nitrogens with one attached hydrogen (secondary N) is 1. The van der Waals surface area contributed by atoms with E-state index in [9.17, 15) is 8.42 Å². The van der Waals surface area contributed by atoms with Crippen LogP contribution >= 0.6 is 0 Å². The highest BCUT2D eigenvalue weighted by Crippen LogP contribution is 2.28. The van der Waals surface area contributed by atoms with Crippen LogP contribution in [0.4, 0.5) is 0 Å². The highest BCUT2D eigenvalue weighted by molar-refractivity contribution is 7.89. The molecule has 1 aromatic carbocycles. The Balaban J connectivity index is 2.31. The first-order chi connectivity index (χ1) is 9.85. The molecular formula is C16H25NO3S. The van der Waals surface area contributed by atoms with Crippen LogP contribution in [0.3, 0.4) is 0 Å². The van der Waals surface area contributed by atoms with Gasteiger partial charge in [0.15, 0.2) is 0 Å². The van der Waals surface area contributed by atoms with Crippen LogP contribution in [-0.4, -0.2) is 21.6 Å². The lowest BCUT2D eigenvalue weighted by atomic mass is 9.87. The van der Waals surface area contributed by atoms with Crippen molar-refractivity contribution in [1.82, 2.24) is 4.72 Å². The second kappa shape index (κ2) is 6.36. The van der Waals surface area contributed by atoms with E-state index in [0.717, 1.165) is 30.4 Å². The van der Waals surface area contributed by atoms with Gasteiger partial charge in [0, 0.05) is 12.1 Å². The zero-order valence-electron chi connectivity index (χ0n) is 13.3. The molecule has 5 heteroatoms. The Kier molecular flexibility index (Phi) is 4.94. The Morgan fingerprint density at radius 2 is 1.81 bits per heavy atom. The van der Waals surface area contributed by atoms with Crippen molar-refractivity contribution in [2.75, 3.05) is 7.11 Å². The molecule has 1 aliphatic carbocycles. The first kappa shape index (κ1) is 16.3. The lowest BCUT2D eigenvalue weighted by molar-refractivity contribution is 0.310. The highest BCUT2D eigenvalue weighted by atomic mass is 32.2. The normalized spacial score (nSPS) is 23.0. The third kappa shape index (κ3) is 3.58. The van der Waals surface area contributed by atoms with Crippen LogP contribution in [0.5, 0.6) is 5.75 Å². The van der Waals surface area contributed by atoms with Gasteiger partial charge in [0.05, 0.1) is 12.0 Å². The first-order valence-electron chi connectivity index (χ1n) is 7.52. The molecule has 0 amide bonds. The molecule has 1 aliphatic rings. The Bertz CT molecular complexity index is 610. The zero-order chi connectivity index (χ0) is 15.6. The Hall–Kier alpha value is -1.07. The number of aryl methyl sites for hydroxylation is 2. The third-order valence-electron chi connectivity index (χ3n) is 4.40. The van der Waals surface area contributed by atoms with Gasteiger partial charge in [0.25, 0.3) is 0 Å². The molecule has 1 fully saturated rings. The van der Waals surface area contributed by atoms with Crippen molar-refractivity contribution in [3.05, 3.63) is 23.3 Å². The first-order valence-corrected chi connectivity index (χ1v) is 9.01. The van der Waals surface area contributed by atoms with Gasteiger partial charge in [-0.25, -0.2) is 13.1 Å². The SMILES string of the molecule is COc1cc(S(=O)(=O)N[C@@H]2CCCC[C@@H]2C)c(C)cc1C. The lowest BCUT2D eigenvalue weighted by Gasteiger charge is -2.29. The molecule has 0 bridgehead atoms. The molecule has 0 saturated heterocycles. The molecule has 1 aromatic rings. The molecule has 2 atom stereocenters. The smallest absolute Gasteiger partial charge is 0.241 e. The third-order valence-corrected chi connectivity index (χ3v) is 6.03. The number of ether oxygens (including phenoxy) is 1. The Morgan fingerprint density at radius 3 is 2.43 bits per heavy atom. The van der Waals surface area contributed by atoms with Crippen molar-refractivity contribution < 1.29 is 13.2 Å². The van der Waals surface area contributed by atoms with Gasteiger partial charge in [-0.05, 0) is 43.7 Å². The van der Waals surface area contributed by atoms with Gasteiger partial charge in [0.1, 0.15) is 5.75 Å². The van der Waals surface area contributed by atoms with Gasteiger partial charge in [-0.3, -0.25) is 0 Å². The number of sulfonamides is 1. The van der Waals surface area contributed by atoms with E-state index in [-0.39, 0.29) is 6.04 Å². The number of hydrogen-bond donors (Lipinski definition) is 1. The van der Waals surface area contributed by atoms with Crippen molar-refractivity contribution in [3.63, 3.8) is 0 Å². The van der Waals surface area contributed by atoms with E-state index in [0.29, 0.717) is 16.6 Å². The van der Waals surface area contributed by atoms with Crippen LogP contribution < -0.4 is 9.46 Å². The Labute approximate surface area is 127 Å². The maximum Gasteiger partial charge on any atom is 0.241 e. The largest absolute Gasteiger partial charge is 0.496 e. The standard InChI is InChI=1S/C16H25NO3S/c1-11-7-5-6-8-14(11)17-21(18,19)16-10-15(20-4)12(2)9-13(16)3/h9-11,14,17H,5-8H2,1-4H3/t11-,14+/m0/s1. The summed E-state index contributed by atoms with van der Waals surface area (Å²) >= 11 is 0. The van der Waals surface area contributed by atoms with Gasteiger partial charge in [-0.2, -0.15) is 0 Å². The summed E-state index contributed by atoms with van der Waals surface area (Å²) in [4.78, 5) is 0.322. The Morgan fingerprint density at radius 1 is 1.14 bits per heavy atom. The van der Waals surface area contributed by atoms with Crippen molar-refractivity contribution >= 4 is 10.0 Å². The molecule has 118 valence electrons.